The van der Waals surface area contributed by atoms with E-state index in [1.54, 1.807) is 16.4 Å². The first-order chi connectivity index (χ1) is 16.0. The quantitative estimate of drug-likeness (QED) is 0.192. The molecule has 1 aliphatic heterocycles. The number of unbranched alkanes of at least 4 members (excludes halogenated alkanes) is 2. The summed E-state index contributed by atoms with van der Waals surface area (Å²) in [6.07, 6.45) is 4.96. The maximum absolute atomic E-state index is 13.2. The molecule has 0 radical (unpaired) electrons. The molecule has 0 amide bonds. The van der Waals surface area contributed by atoms with E-state index in [-0.39, 0.29) is 5.97 Å². The monoisotopic (exact) mass is 536 g/mol. The van der Waals surface area contributed by atoms with Gasteiger partial charge in [-0.2, -0.15) is 4.98 Å². The summed E-state index contributed by atoms with van der Waals surface area (Å²) in [4.78, 5) is 17.9. The summed E-state index contributed by atoms with van der Waals surface area (Å²) in [7, 11) is 0. The summed E-state index contributed by atoms with van der Waals surface area (Å²) < 4.78 is 14.4. The van der Waals surface area contributed by atoms with Crippen LogP contribution in [-0.4, -0.2) is 39.7 Å². The molecule has 2 aromatic rings. The van der Waals surface area contributed by atoms with Crippen LogP contribution in [0.15, 0.2) is 39.1 Å². The number of carbonyl (C=O) groups excluding carboxylic acids is 1. The molecule has 33 heavy (non-hydrogen) atoms. The summed E-state index contributed by atoms with van der Waals surface area (Å²) >= 11 is 5.22. The predicted octanol–water partition coefficient (Wildman–Crippen LogP) is 6.35. The van der Waals surface area contributed by atoms with Crippen molar-refractivity contribution < 1.29 is 14.3 Å². The maximum Gasteiger partial charge on any atom is 0.338 e. The zero-order chi connectivity index (χ0) is 23.8. The van der Waals surface area contributed by atoms with Gasteiger partial charge in [0.1, 0.15) is 11.8 Å². The van der Waals surface area contributed by atoms with Gasteiger partial charge in [0.25, 0.3) is 0 Å². The number of benzene rings is 1. The molecule has 2 heterocycles. The van der Waals surface area contributed by atoms with Gasteiger partial charge in [0.15, 0.2) is 0 Å². The van der Waals surface area contributed by atoms with Crippen molar-refractivity contribution in [3.05, 3.63) is 39.5 Å². The Balaban J connectivity index is 2.08. The van der Waals surface area contributed by atoms with Crippen LogP contribution in [0.3, 0.4) is 0 Å². The zero-order valence-electron chi connectivity index (χ0n) is 19.8. The molecule has 9 heteroatoms. The second-order valence-corrected chi connectivity index (χ2v) is 9.93. The van der Waals surface area contributed by atoms with E-state index in [4.69, 9.17) is 19.6 Å². The van der Waals surface area contributed by atoms with Crippen LogP contribution >= 0.6 is 27.7 Å². The zero-order valence-corrected chi connectivity index (χ0v) is 22.2. The minimum atomic E-state index is -0.507. The van der Waals surface area contributed by atoms with Gasteiger partial charge in [0.2, 0.25) is 11.1 Å². The molecule has 1 N–H and O–H groups in total. The van der Waals surface area contributed by atoms with Crippen LogP contribution < -0.4 is 10.1 Å². The molecule has 180 valence electrons. The van der Waals surface area contributed by atoms with Crippen molar-refractivity contribution in [2.45, 2.75) is 71.0 Å². The lowest BCUT2D eigenvalue weighted by molar-refractivity contribution is -0.139. The molecule has 1 aromatic heterocycles. The van der Waals surface area contributed by atoms with Gasteiger partial charge in [-0.3, -0.25) is 0 Å². The van der Waals surface area contributed by atoms with Gasteiger partial charge >= 0.3 is 5.97 Å². The van der Waals surface area contributed by atoms with Crippen LogP contribution in [0.25, 0.3) is 0 Å². The summed E-state index contributed by atoms with van der Waals surface area (Å²) in [5.41, 5.74) is 2.08. The number of carbonyl (C=O) groups is 1. The Morgan fingerprint density at radius 3 is 2.70 bits per heavy atom. The number of hydrogen-bond acceptors (Lipinski definition) is 7. The number of halogens is 1. The lowest BCUT2D eigenvalue weighted by atomic mass is 9.95. The number of fused-ring (bicyclic) bond motifs is 1. The van der Waals surface area contributed by atoms with Crippen LogP contribution in [0.4, 0.5) is 5.95 Å². The van der Waals surface area contributed by atoms with E-state index in [1.165, 1.54) is 0 Å². The molecule has 0 bridgehead atoms. The van der Waals surface area contributed by atoms with E-state index in [0.29, 0.717) is 35.6 Å². The highest BCUT2D eigenvalue weighted by Crippen LogP contribution is 2.41. The number of hydrogen-bond donors (Lipinski definition) is 1. The topological polar surface area (TPSA) is 78.3 Å². The standard InChI is InChI=1S/C24H33BrN4O3S/c1-5-8-13-31-19-11-10-17(25)15-18(19)21-20(22(30)32-12-7-3)16(4)26-23-27-24(28-29(21)23)33-14-9-6-2/h10-11,15,21H,5-9,12-14H2,1-4H3,(H,26,27,28). The van der Waals surface area contributed by atoms with E-state index in [1.807, 2.05) is 32.0 Å². The number of nitrogens with zero attached hydrogens (tertiary/aromatic N) is 3. The molecule has 1 aromatic carbocycles. The molecular weight excluding hydrogens is 504 g/mol. The second kappa shape index (κ2) is 12.5. The molecular formula is C24H33BrN4O3S. The fraction of sp³-hybridized carbons (Fsp3) is 0.542. The van der Waals surface area contributed by atoms with E-state index in [2.05, 4.69) is 35.1 Å². The number of allylic oxidation sites excluding steroid dienone is 1. The van der Waals surface area contributed by atoms with Crippen molar-refractivity contribution in [1.82, 2.24) is 14.8 Å². The Kier molecular flexibility index (Phi) is 9.67. The van der Waals surface area contributed by atoms with Crippen LogP contribution in [0, 0.1) is 0 Å². The van der Waals surface area contributed by atoms with Gasteiger partial charge in [0.05, 0.1) is 18.8 Å². The van der Waals surface area contributed by atoms with Gasteiger partial charge in [0, 0.05) is 21.5 Å². The summed E-state index contributed by atoms with van der Waals surface area (Å²) in [6, 6.07) is 5.38. The molecule has 7 nitrogen and oxygen atoms in total. The number of anilines is 1. The molecule has 1 atom stereocenters. The molecule has 0 fully saturated rings. The number of aromatic nitrogens is 3. The lowest BCUT2D eigenvalue weighted by Crippen LogP contribution is -2.30. The number of ether oxygens (including phenoxy) is 2. The molecule has 0 aliphatic carbocycles. The van der Waals surface area contributed by atoms with Gasteiger partial charge < -0.3 is 14.8 Å². The summed E-state index contributed by atoms with van der Waals surface area (Å²) in [5, 5.41) is 8.74. The summed E-state index contributed by atoms with van der Waals surface area (Å²) in [6.45, 7) is 9.13. The normalized spacial score (nSPS) is 15.2. The van der Waals surface area contributed by atoms with Gasteiger partial charge in [-0.25, -0.2) is 9.48 Å². The molecule has 1 unspecified atom stereocenters. The Labute approximate surface area is 208 Å². The first-order valence-electron chi connectivity index (χ1n) is 11.7. The molecule has 0 saturated carbocycles. The van der Waals surface area contributed by atoms with Crippen molar-refractivity contribution in [3.8, 4) is 5.75 Å². The van der Waals surface area contributed by atoms with Crippen molar-refractivity contribution >= 4 is 39.6 Å². The number of nitrogens with one attached hydrogen (secondary N) is 1. The Bertz CT molecular complexity index is 992. The van der Waals surface area contributed by atoms with Crippen molar-refractivity contribution in [1.29, 1.82) is 0 Å². The van der Waals surface area contributed by atoms with Crippen molar-refractivity contribution in [2.75, 3.05) is 24.3 Å². The fourth-order valence-corrected chi connectivity index (χ4v) is 4.81. The molecule has 0 spiro atoms. The first-order valence-corrected chi connectivity index (χ1v) is 13.4. The van der Waals surface area contributed by atoms with Crippen LogP contribution in [0.2, 0.25) is 0 Å². The van der Waals surface area contributed by atoms with Crippen LogP contribution in [0.5, 0.6) is 5.75 Å². The third-order valence-corrected chi connectivity index (χ3v) is 6.66. The Hall–Kier alpha value is -2.00. The maximum atomic E-state index is 13.2. The van der Waals surface area contributed by atoms with Crippen LogP contribution in [-0.2, 0) is 9.53 Å². The van der Waals surface area contributed by atoms with E-state index in [0.717, 1.165) is 53.6 Å². The highest BCUT2D eigenvalue weighted by Gasteiger charge is 2.37. The van der Waals surface area contributed by atoms with Crippen molar-refractivity contribution in [2.24, 2.45) is 0 Å². The molecule has 0 saturated heterocycles. The number of esters is 1. The smallest absolute Gasteiger partial charge is 0.338 e. The highest BCUT2D eigenvalue weighted by molar-refractivity contribution is 9.10. The van der Waals surface area contributed by atoms with E-state index >= 15 is 0 Å². The fourth-order valence-electron chi connectivity index (χ4n) is 3.52. The Morgan fingerprint density at radius 2 is 1.97 bits per heavy atom. The van der Waals surface area contributed by atoms with Crippen molar-refractivity contribution in [3.63, 3.8) is 0 Å². The van der Waals surface area contributed by atoms with E-state index in [9.17, 15) is 4.79 Å². The predicted molar refractivity (Wildman–Crippen MR) is 136 cm³/mol. The second-order valence-electron chi connectivity index (χ2n) is 7.95. The third kappa shape index (κ3) is 6.32. The SMILES string of the molecule is CCCCOc1ccc(Br)cc1C1C(C(=O)OCCC)=C(C)Nc2nc(SCCCC)nn21. The average Bonchev–Trinajstić information content (AvgIpc) is 3.20. The molecule has 3 rings (SSSR count). The first kappa shape index (κ1) is 25.6. The minimum absolute atomic E-state index is 0.354. The largest absolute Gasteiger partial charge is 0.493 e. The minimum Gasteiger partial charge on any atom is -0.493 e. The Morgan fingerprint density at radius 1 is 1.18 bits per heavy atom. The van der Waals surface area contributed by atoms with Gasteiger partial charge in [-0.1, -0.05) is 61.3 Å². The number of thioether (sulfide) groups is 1. The average molecular weight is 538 g/mol. The van der Waals surface area contributed by atoms with Gasteiger partial charge in [-0.15, -0.1) is 5.10 Å². The van der Waals surface area contributed by atoms with Crippen LogP contribution in [0.1, 0.15) is 71.4 Å². The van der Waals surface area contributed by atoms with Gasteiger partial charge in [-0.05, 0) is 44.4 Å². The third-order valence-electron chi connectivity index (χ3n) is 5.24. The lowest BCUT2D eigenvalue weighted by Gasteiger charge is -2.29. The number of rotatable bonds is 12. The van der Waals surface area contributed by atoms with E-state index < -0.39 is 6.04 Å². The summed E-state index contributed by atoms with van der Waals surface area (Å²) in [5.74, 6) is 1.94. The molecule has 1 aliphatic rings. The highest BCUT2D eigenvalue weighted by atomic mass is 79.9.